The van der Waals surface area contributed by atoms with E-state index in [4.69, 9.17) is 9.47 Å². The van der Waals surface area contributed by atoms with E-state index in [0.717, 1.165) is 22.4 Å². The van der Waals surface area contributed by atoms with E-state index in [1.165, 1.54) is 7.11 Å². The number of methoxy groups -OCH3 is 1. The number of aromatic hydroxyl groups is 1. The first-order valence-corrected chi connectivity index (χ1v) is 9.36. The van der Waals surface area contributed by atoms with E-state index < -0.39 is 0 Å². The predicted octanol–water partition coefficient (Wildman–Crippen LogP) is 3.09. The molecule has 1 aliphatic carbocycles. The molecular weight excluding hydrogens is 344 g/mol. The third-order valence-corrected chi connectivity index (χ3v) is 5.35. The van der Waals surface area contributed by atoms with Gasteiger partial charge in [-0.05, 0) is 73.1 Å². The van der Waals surface area contributed by atoms with Gasteiger partial charge in [0.15, 0.2) is 11.5 Å². The van der Waals surface area contributed by atoms with Crippen LogP contribution in [-0.2, 0) is 6.42 Å². The quantitative estimate of drug-likeness (QED) is 0.726. The topological polar surface area (TPSA) is 79.2 Å². The highest BCUT2D eigenvalue weighted by Crippen LogP contribution is 2.46. The Morgan fingerprint density at radius 2 is 1.85 bits per heavy atom. The fourth-order valence-electron chi connectivity index (χ4n) is 4.10. The SMILES string of the molecule is COc1cc([C@@H]2c3cc(OC(C)C)ccc3C[C@H](CO)[C@H]2CO)ccc1O. The van der Waals surface area contributed by atoms with Gasteiger partial charge in [-0.3, -0.25) is 0 Å². The Hall–Kier alpha value is -2.24. The molecule has 2 aromatic rings. The molecule has 0 unspecified atom stereocenters. The smallest absolute Gasteiger partial charge is 0.160 e. The van der Waals surface area contributed by atoms with Crippen molar-refractivity contribution in [1.82, 2.24) is 0 Å². The summed E-state index contributed by atoms with van der Waals surface area (Å²) in [6.07, 6.45) is 0.780. The fourth-order valence-corrected chi connectivity index (χ4v) is 4.10. The van der Waals surface area contributed by atoms with Gasteiger partial charge in [0.2, 0.25) is 0 Å². The Morgan fingerprint density at radius 1 is 1.07 bits per heavy atom. The molecule has 3 N–H and O–H groups in total. The van der Waals surface area contributed by atoms with Crippen LogP contribution in [0.3, 0.4) is 0 Å². The Kier molecular flexibility index (Phi) is 5.92. The molecule has 0 spiro atoms. The first kappa shape index (κ1) is 19.5. The van der Waals surface area contributed by atoms with E-state index in [1.54, 1.807) is 6.07 Å². The van der Waals surface area contributed by atoms with Gasteiger partial charge in [-0.15, -0.1) is 0 Å². The molecule has 5 nitrogen and oxygen atoms in total. The van der Waals surface area contributed by atoms with Gasteiger partial charge in [-0.25, -0.2) is 0 Å². The molecule has 0 fully saturated rings. The maximum absolute atomic E-state index is 10.1. The molecule has 27 heavy (non-hydrogen) atoms. The normalized spacial score (nSPS) is 21.8. The molecule has 0 bridgehead atoms. The number of aliphatic hydroxyl groups excluding tert-OH is 2. The fraction of sp³-hybridized carbons (Fsp3) is 0.455. The number of rotatable bonds is 6. The van der Waals surface area contributed by atoms with Crippen molar-refractivity contribution >= 4 is 0 Å². The monoisotopic (exact) mass is 372 g/mol. The summed E-state index contributed by atoms with van der Waals surface area (Å²) in [7, 11) is 1.52. The summed E-state index contributed by atoms with van der Waals surface area (Å²) in [6.45, 7) is 3.95. The zero-order valence-electron chi connectivity index (χ0n) is 16.1. The van der Waals surface area contributed by atoms with Crippen LogP contribution >= 0.6 is 0 Å². The van der Waals surface area contributed by atoms with Crippen LogP contribution in [0.4, 0.5) is 0 Å². The van der Waals surface area contributed by atoms with E-state index in [9.17, 15) is 15.3 Å². The summed E-state index contributed by atoms with van der Waals surface area (Å²) in [4.78, 5) is 0. The van der Waals surface area contributed by atoms with Crippen molar-refractivity contribution in [3.05, 3.63) is 53.1 Å². The lowest BCUT2D eigenvalue weighted by molar-refractivity contribution is 0.101. The van der Waals surface area contributed by atoms with Crippen molar-refractivity contribution in [2.24, 2.45) is 11.8 Å². The van der Waals surface area contributed by atoms with Gasteiger partial charge in [-0.1, -0.05) is 12.1 Å². The molecular formula is C22H28O5. The first-order valence-electron chi connectivity index (χ1n) is 9.36. The van der Waals surface area contributed by atoms with Gasteiger partial charge in [-0.2, -0.15) is 0 Å². The van der Waals surface area contributed by atoms with Crippen LogP contribution in [0.5, 0.6) is 17.2 Å². The van der Waals surface area contributed by atoms with Gasteiger partial charge in [0, 0.05) is 19.1 Å². The number of benzene rings is 2. The lowest BCUT2D eigenvalue weighted by Crippen LogP contribution is -2.35. The third-order valence-electron chi connectivity index (χ3n) is 5.35. The Bertz CT molecular complexity index is 786. The second-order valence-corrected chi connectivity index (χ2v) is 7.43. The number of ether oxygens (including phenoxy) is 2. The van der Waals surface area contributed by atoms with Crippen molar-refractivity contribution in [2.45, 2.75) is 32.3 Å². The summed E-state index contributed by atoms with van der Waals surface area (Å²) < 4.78 is 11.2. The number of hydrogen-bond donors (Lipinski definition) is 3. The highest BCUT2D eigenvalue weighted by atomic mass is 16.5. The number of phenolic OH excluding ortho intramolecular Hbond substituents is 1. The van der Waals surface area contributed by atoms with Gasteiger partial charge in [0.1, 0.15) is 5.75 Å². The van der Waals surface area contributed by atoms with Gasteiger partial charge in [0.05, 0.1) is 13.2 Å². The third kappa shape index (κ3) is 3.89. The molecule has 146 valence electrons. The lowest BCUT2D eigenvalue weighted by atomic mass is 9.67. The molecule has 3 atom stereocenters. The average Bonchev–Trinajstić information content (AvgIpc) is 2.66. The molecule has 0 aromatic heterocycles. The Labute approximate surface area is 160 Å². The van der Waals surface area contributed by atoms with E-state index in [1.807, 2.05) is 44.2 Å². The van der Waals surface area contributed by atoms with Crippen LogP contribution in [0.1, 0.15) is 36.5 Å². The van der Waals surface area contributed by atoms with Crippen molar-refractivity contribution in [2.75, 3.05) is 20.3 Å². The van der Waals surface area contributed by atoms with Crippen molar-refractivity contribution < 1.29 is 24.8 Å². The molecule has 1 aliphatic rings. The van der Waals surface area contributed by atoms with Crippen LogP contribution in [0.25, 0.3) is 0 Å². The first-order chi connectivity index (χ1) is 13.0. The second kappa shape index (κ2) is 8.19. The molecule has 3 rings (SSSR count). The van der Waals surface area contributed by atoms with Crippen molar-refractivity contribution in [1.29, 1.82) is 0 Å². The van der Waals surface area contributed by atoms with Crippen LogP contribution in [0, 0.1) is 11.8 Å². The summed E-state index contributed by atoms with van der Waals surface area (Å²) in [5, 5.41) is 30.0. The minimum atomic E-state index is -0.133. The molecule has 0 amide bonds. The van der Waals surface area contributed by atoms with Crippen molar-refractivity contribution in [3.63, 3.8) is 0 Å². The Morgan fingerprint density at radius 3 is 2.48 bits per heavy atom. The Balaban J connectivity index is 2.13. The summed E-state index contributed by atoms with van der Waals surface area (Å²) >= 11 is 0. The molecule has 2 aromatic carbocycles. The summed E-state index contributed by atoms with van der Waals surface area (Å²) in [6, 6.07) is 11.3. The van der Waals surface area contributed by atoms with E-state index in [2.05, 4.69) is 0 Å². The van der Waals surface area contributed by atoms with Crippen LogP contribution in [0.15, 0.2) is 36.4 Å². The number of hydrogen-bond acceptors (Lipinski definition) is 5. The largest absolute Gasteiger partial charge is 0.504 e. The van der Waals surface area contributed by atoms with Crippen molar-refractivity contribution in [3.8, 4) is 17.2 Å². The molecule has 0 saturated carbocycles. The second-order valence-electron chi connectivity index (χ2n) is 7.43. The zero-order valence-corrected chi connectivity index (χ0v) is 16.1. The molecule has 0 saturated heterocycles. The summed E-state index contributed by atoms with van der Waals surface area (Å²) in [5.41, 5.74) is 3.17. The van der Waals surface area contributed by atoms with E-state index in [-0.39, 0.29) is 42.8 Å². The number of aliphatic hydroxyl groups is 2. The minimum Gasteiger partial charge on any atom is -0.504 e. The summed E-state index contributed by atoms with van der Waals surface area (Å²) in [5.74, 6) is 0.967. The lowest BCUT2D eigenvalue weighted by Gasteiger charge is -2.39. The zero-order chi connectivity index (χ0) is 19.6. The predicted molar refractivity (Wildman–Crippen MR) is 104 cm³/mol. The van der Waals surface area contributed by atoms with Crippen LogP contribution in [0.2, 0.25) is 0 Å². The molecule has 0 radical (unpaired) electrons. The van der Waals surface area contributed by atoms with Gasteiger partial charge in [0.25, 0.3) is 0 Å². The maximum Gasteiger partial charge on any atom is 0.160 e. The molecule has 0 aliphatic heterocycles. The standard InChI is InChI=1S/C22H28O5/c1-13(2)27-17-6-4-14-8-16(11-23)19(12-24)22(18(14)10-17)15-5-7-20(25)21(9-15)26-3/h4-7,9-10,13,16,19,22-25H,8,11-12H2,1-3H3/t16-,19-,22-/m1/s1. The molecule has 5 heteroatoms. The number of phenols is 1. The number of fused-ring (bicyclic) bond motifs is 1. The van der Waals surface area contributed by atoms with E-state index >= 15 is 0 Å². The highest BCUT2D eigenvalue weighted by molar-refractivity contribution is 5.50. The maximum atomic E-state index is 10.1. The molecule has 0 heterocycles. The minimum absolute atomic E-state index is 0.0145. The highest BCUT2D eigenvalue weighted by Gasteiger charge is 2.37. The van der Waals surface area contributed by atoms with E-state index in [0.29, 0.717) is 12.2 Å². The van der Waals surface area contributed by atoms with Gasteiger partial charge < -0.3 is 24.8 Å². The van der Waals surface area contributed by atoms with Crippen LogP contribution < -0.4 is 9.47 Å². The average molecular weight is 372 g/mol. The van der Waals surface area contributed by atoms with Crippen LogP contribution in [-0.4, -0.2) is 41.7 Å². The van der Waals surface area contributed by atoms with Gasteiger partial charge >= 0.3 is 0 Å².